The third-order valence-electron chi connectivity index (χ3n) is 1.31. The van der Waals surface area contributed by atoms with Crippen molar-refractivity contribution >= 4 is 15.7 Å². The first kappa shape index (κ1) is 9.79. The maximum atomic E-state index is 10.8. The Kier molecular flexibility index (Phi) is 2.42. The standard InChI is InChI=1S/C7H9NO4S/c1-13(10,11)4-5-2-3-6(12-5)7(8)9/h2-3H,4H2,1H3,(H2,8,9). The molecule has 0 aliphatic carbocycles. The van der Waals surface area contributed by atoms with Crippen molar-refractivity contribution in [1.82, 2.24) is 0 Å². The van der Waals surface area contributed by atoms with Gasteiger partial charge in [0.1, 0.15) is 11.5 Å². The molecule has 0 bridgehead atoms. The van der Waals surface area contributed by atoms with E-state index in [1.807, 2.05) is 0 Å². The Morgan fingerprint density at radius 2 is 2.15 bits per heavy atom. The van der Waals surface area contributed by atoms with Crippen LogP contribution in [0.5, 0.6) is 0 Å². The van der Waals surface area contributed by atoms with E-state index in [0.717, 1.165) is 6.26 Å². The summed E-state index contributed by atoms with van der Waals surface area (Å²) in [7, 11) is -3.14. The van der Waals surface area contributed by atoms with Gasteiger partial charge in [0, 0.05) is 6.26 Å². The van der Waals surface area contributed by atoms with Crippen LogP contribution in [0.15, 0.2) is 16.5 Å². The second kappa shape index (κ2) is 3.21. The molecule has 0 saturated heterocycles. The molecule has 72 valence electrons. The highest BCUT2D eigenvalue weighted by atomic mass is 32.2. The van der Waals surface area contributed by atoms with E-state index in [1.54, 1.807) is 0 Å². The molecule has 1 heterocycles. The van der Waals surface area contributed by atoms with Crippen LogP contribution < -0.4 is 5.73 Å². The van der Waals surface area contributed by atoms with Crippen LogP contribution in [-0.2, 0) is 15.6 Å². The number of furan rings is 1. The summed E-state index contributed by atoms with van der Waals surface area (Å²) in [5.41, 5.74) is 4.91. The van der Waals surface area contributed by atoms with Crippen LogP contribution in [0.4, 0.5) is 0 Å². The molecule has 0 aromatic carbocycles. The van der Waals surface area contributed by atoms with E-state index in [9.17, 15) is 13.2 Å². The lowest BCUT2D eigenvalue weighted by atomic mass is 10.4. The molecule has 1 aromatic rings. The van der Waals surface area contributed by atoms with E-state index in [4.69, 9.17) is 10.2 Å². The Bertz CT molecular complexity index is 417. The molecule has 1 aromatic heterocycles. The van der Waals surface area contributed by atoms with Gasteiger partial charge in [-0.15, -0.1) is 0 Å². The Balaban J connectivity index is 2.87. The van der Waals surface area contributed by atoms with Gasteiger partial charge in [0.2, 0.25) is 0 Å². The van der Waals surface area contributed by atoms with Crippen LogP contribution in [0, 0.1) is 0 Å². The first-order valence-electron chi connectivity index (χ1n) is 3.45. The van der Waals surface area contributed by atoms with Gasteiger partial charge in [-0.05, 0) is 12.1 Å². The largest absolute Gasteiger partial charge is 0.455 e. The molecule has 0 aliphatic rings. The highest BCUT2D eigenvalue weighted by Gasteiger charge is 2.11. The average molecular weight is 203 g/mol. The molecule has 0 fully saturated rings. The summed E-state index contributed by atoms with van der Waals surface area (Å²) in [6, 6.07) is 2.77. The Morgan fingerprint density at radius 3 is 2.54 bits per heavy atom. The molecular weight excluding hydrogens is 194 g/mol. The van der Waals surface area contributed by atoms with E-state index in [2.05, 4.69) is 0 Å². The van der Waals surface area contributed by atoms with E-state index < -0.39 is 15.7 Å². The van der Waals surface area contributed by atoms with Crippen molar-refractivity contribution in [2.75, 3.05) is 6.26 Å². The quantitative estimate of drug-likeness (QED) is 0.744. The van der Waals surface area contributed by atoms with Gasteiger partial charge >= 0.3 is 0 Å². The molecule has 0 saturated carbocycles. The molecule has 13 heavy (non-hydrogen) atoms. The highest BCUT2D eigenvalue weighted by Crippen LogP contribution is 2.09. The van der Waals surface area contributed by atoms with Gasteiger partial charge < -0.3 is 10.2 Å². The second-order valence-electron chi connectivity index (χ2n) is 2.70. The molecule has 5 nitrogen and oxygen atoms in total. The van der Waals surface area contributed by atoms with Gasteiger partial charge in [-0.2, -0.15) is 0 Å². The number of hydrogen-bond donors (Lipinski definition) is 1. The zero-order valence-electron chi connectivity index (χ0n) is 6.98. The molecule has 1 amide bonds. The fraction of sp³-hybridized carbons (Fsp3) is 0.286. The molecule has 0 radical (unpaired) electrons. The van der Waals surface area contributed by atoms with Crippen molar-refractivity contribution in [1.29, 1.82) is 0 Å². The summed E-state index contributed by atoms with van der Waals surface area (Å²) >= 11 is 0. The van der Waals surface area contributed by atoms with Crippen LogP contribution in [0.1, 0.15) is 16.3 Å². The Morgan fingerprint density at radius 1 is 1.54 bits per heavy atom. The summed E-state index contributed by atoms with van der Waals surface area (Å²) in [5, 5.41) is 0. The molecule has 1 rings (SSSR count). The molecule has 0 unspecified atom stereocenters. The SMILES string of the molecule is CS(=O)(=O)Cc1ccc(C(N)=O)o1. The molecule has 0 aliphatic heterocycles. The number of amides is 1. The van der Waals surface area contributed by atoms with E-state index in [-0.39, 0.29) is 17.3 Å². The topological polar surface area (TPSA) is 90.4 Å². The number of hydrogen-bond acceptors (Lipinski definition) is 4. The minimum atomic E-state index is -3.14. The van der Waals surface area contributed by atoms with Gasteiger partial charge in [0.05, 0.1) is 0 Å². The molecular formula is C7H9NO4S. The third-order valence-corrected chi connectivity index (χ3v) is 2.12. The van der Waals surface area contributed by atoms with E-state index in [1.165, 1.54) is 12.1 Å². The lowest BCUT2D eigenvalue weighted by Gasteiger charge is -1.92. The molecule has 0 atom stereocenters. The number of primary amides is 1. The van der Waals surface area contributed by atoms with Gasteiger partial charge in [0.15, 0.2) is 15.6 Å². The summed E-state index contributed by atoms with van der Waals surface area (Å²) in [6.07, 6.45) is 1.08. The zero-order chi connectivity index (χ0) is 10.1. The van der Waals surface area contributed by atoms with Crippen molar-refractivity contribution in [2.24, 2.45) is 5.73 Å². The van der Waals surface area contributed by atoms with Crippen LogP contribution in [0.25, 0.3) is 0 Å². The highest BCUT2D eigenvalue weighted by molar-refractivity contribution is 7.89. The normalized spacial score (nSPS) is 11.5. The summed E-state index contributed by atoms with van der Waals surface area (Å²) in [4.78, 5) is 10.6. The summed E-state index contributed by atoms with van der Waals surface area (Å²) in [5.74, 6) is -0.741. The fourth-order valence-electron chi connectivity index (χ4n) is 0.846. The van der Waals surface area contributed by atoms with Crippen molar-refractivity contribution in [3.05, 3.63) is 23.7 Å². The van der Waals surface area contributed by atoms with Crippen LogP contribution in [0.2, 0.25) is 0 Å². The number of carbonyl (C=O) groups is 1. The molecule has 0 spiro atoms. The van der Waals surface area contributed by atoms with E-state index >= 15 is 0 Å². The first-order valence-corrected chi connectivity index (χ1v) is 5.51. The predicted octanol–water partition coefficient (Wildman–Crippen LogP) is -0.0769. The van der Waals surface area contributed by atoms with Gasteiger partial charge in [0.25, 0.3) is 5.91 Å². The number of carbonyl (C=O) groups excluding carboxylic acids is 1. The molecule has 6 heteroatoms. The van der Waals surface area contributed by atoms with Gasteiger partial charge in [-0.3, -0.25) is 4.79 Å². The maximum absolute atomic E-state index is 10.8. The number of sulfone groups is 1. The van der Waals surface area contributed by atoms with Crippen molar-refractivity contribution in [3.63, 3.8) is 0 Å². The maximum Gasteiger partial charge on any atom is 0.284 e. The number of rotatable bonds is 3. The Hall–Kier alpha value is -1.30. The van der Waals surface area contributed by atoms with E-state index in [0.29, 0.717) is 0 Å². The Labute approximate surface area is 75.4 Å². The molecule has 2 N–H and O–H groups in total. The predicted molar refractivity (Wildman–Crippen MR) is 45.8 cm³/mol. The van der Waals surface area contributed by atoms with Crippen molar-refractivity contribution < 1.29 is 17.6 Å². The van der Waals surface area contributed by atoms with Gasteiger partial charge in [-0.1, -0.05) is 0 Å². The van der Waals surface area contributed by atoms with Crippen molar-refractivity contribution in [3.8, 4) is 0 Å². The smallest absolute Gasteiger partial charge is 0.284 e. The van der Waals surface area contributed by atoms with Crippen LogP contribution in [-0.4, -0.2) is 20.6 Å². The number of nitrogens with two attached hydrogens (primary N) is 1. The zero-order valence-corrected chi connectivity index (χ0v) is 7.80. The fourth-order valence-corrected chi connectivity index (χ4v) is 1.52. The second-order valence-corrected chi connectivity index (χ2v) is 4.84. The minimum absolute atomic E-state index is 0.0290. The minimum Gasteiger partial charge on any atom is -0.455 e. The third kappa shape index (κ3) is 2.90. The summed E-state index contributed by atoms with van der Waals surface area (Å²) < 4.78 is 26.5. The van der Waals surface area contributed by atoms with Crippen molar-refractivity contribution in [2.45, 2.75) is 5.75 Å². The lowest BCUT2D eigenvalue weighted by Crippen LogP contribution is -2.09. The van der Waals surface area contributed by atoms with Crippen LogP contribution >= 0.6 is 0 Å². The van der Waals surface area contributed by atoms with Crippen LogP contribution in [0.3, 0.4) is 0 Å². The lowest BCUT2D eigenvalue weighted by molar-refractivity contribution is 0.0972. The van der Waals surface area contributed by atoms with Gasteiger partial charge in [-0.25, -0.2) is 8.42 Å². The average Bonchev–Trinajstić information content (AvgIpc) is 2.31. The first-order chi connectivity index (χ1) is 5.88. The monoisotopic (exact) mass is 203 g/mol. The summed E-state index contributed by atoms with van der Waals surface area (Å²) in [6.45, 7) is 0.